The second kappa shape index (κ2) is 7.72. The van der Waals surface area contributed by atoms with Crippen molar-refractivity contribution in [3.05, 3.63) is 53.6 Å². The number of halogens is 2. The number of anilines is 1. The van der Waals surface area contributed by atoms with Crippen LogP contribution in [0.25, 0.3) is 10.2 Å². The van der Waals surface area contributed by atoms with Crippen LogP contribution in [-0.4, -0.2) is 27.6 Å². The molecule has 0 amide bonds. The van der Waals surface area contributed by atoms with Crippen molar-refractivity contribution in [3.63, 3.8) is 0 Å². The fourth-order valence-corrected chi connectivity index (χ4v) is 6.46. The molecule has 0 saturated carbocycles. The number of nitrogens with one attached hydrogen (secondary N) is 1. The summed E-state index contributed by atoms with van der Waals surface area (Å²) in [5, 5.41) is 0. The zero-order valence-corrected chi connectivity index (χ0v) is 17.1. The highest BCUT2D eigenvalue weighted by molar-refractivity contribution is 7.93. The number of aromatic nitrogens is 1. The number of hydrogen-bond donors (Lipinski definition) is 1. The molecule has 28 heavy (non-hydrogen) atoms. The predicted molar refractivity (Wildman–Crippen MR) is 105 cm³/mol. The monoisotopic (exact) mass is 446 g/mol. The Hall–Kier alpha value is -2.11. The lowest BCUT2D eigenvalue weighted by molar-refractivity contribution is 0.579. The van der Waals surface area contributed by atoms with Crippen LogP contribution in [0.3, 0.4) is 0 Å². The molecule has 150 valence electrons. The Kier molecular flexibility index (Phi) is 5.69. The lowest BCUT2D eigenvalue weighted by atomic mass is 10.2. The summed E-state index contributed by atoms with van der Waals surface area (Å²) < 4.78 is 78.2. The highest BCUT2D eigenvalue weighted by atomic mass is 32.2. The van der Waals surface area contributed by atoms with Crippen molar-refractivity contribution in [2.45, 2.75) is 23.4 Å². The Morgan fingerprint density at radius 2 is 1.71 bits per heavy atom. The quantitative estimate of drug-likeness (QED) is 0.597. The van der Waals surface area contributed by atoms with Gasteiger partial charge in [-0.2, -0.15) is 0 Å². The molecule has 0 bridgehead atoms. The zero-order valence-electron chi connectivity index (χ0n) is 14.6. The van der Waals surface area contributed by atoms with Gasteiger partial charge in [0.05, 0.1) is 27.4 Å². The first kappa shape index (κ1) is 20.6. The van der Waals surface area contributed by atoms with Gasteiger partial charge in [-0.3, -0.25) is 4.72 Å². The molecule has 1 heterocycles. The number of rotatable bonds is 7. The number of benzene rings is 2. The molecule has 0 fully saturated rings. The van der Waals surface area contributed by atoms with Gasteiger partial charge < -0.3 is 0 Å². The molecule has 0 aliphatic carbocycles. The smallest absolute Gasteiger partial charge is 0.236 e. The summed E-state index contributed by atoms with van der Waals surface area (Å²) in [5.41, 5.74) is 0.610. The topological polar surface area (TPSA) is 93.2 Å². The van der Waals surface area contributed by atoms with Crippen molar-refractivity contribution in [2.75, 3.05) is 10.5 Å². The molecular formula is C17H16F2N2O4S3. The Bertz CT molecular complexity index is 1220. The van der Waals surface area contributed by atoms with Crippen LogP contribution in [0.15, 0.2) is 40.7 Å². The number of fused-ring (bicyclic) bond motifs is 1. The molecule has 0 radical (unpaired) electrons. The summed E-state index contributed by atoms with van der Waals surface area (Å²) in [5.74, 6) is -2.36. The Morgan fingerprint density at radius 1 is 1.04 bits per heavy atom. The average Bonchev–Trinajstić information content (AvgIpc) is 2.97. The molecule has 1 aromatic heterocycles. The van der Waals surface area contributed by atoms with Crippen molar-refractivity contribution in [1.82, 2.24) is 4.98 Å². The van der Waals surface area contributed by atoms with Gasteiger partial charge in [-0.05, 0) is 42.3 Å². The molecule has 0 aliphatic rings. The van der Waals surface area contributed by atoms with E-state index < -0.39 is 37.2 Å². The molecule has 0 unspecified atom stereocenters. The first-order chi connectivity index (χ1) is 13.1. The van der Waals surface area contributed by atoms with Crippen LogP contribution in [0, 0.1) is 11.6 Å². The van der Waals surface area contributed by atoms with E-state index in [-0.39, 0.29) is 21.3 Å². The molecule has 3 rings (SSSR count). The first-order valence-electron chi connectivity index (χ1n) is 8.17. The molecule has 0 spiro atoms. The summed E-state index contributed by atoms with van der Waals surface area (Å²) in [7, 11) is -7.41. The fourth-order valence-electron chi connectivity index (χ4n) is 2.59. The number of thiazole rings is 1. The lowest BCUT2D eigenvalue weighted by Gasteiger charge is -2.08. The van der Waals surface area contributed by atoms with E-state index >= 15 is 0 Å². The minimum atomic E-state index is -3.94. The fraction of sp³-hybridized carbons (Fsp3) is 0.235. The van der Waals surface area contributed by atoms with E-state index in [9.17, 15) is 25.6 Å². The SMILES string of the molecule is CCCS(=O)(=O)c1nc2ccc(NS(=O)(=O)Cc3cc(F)cc(F)c3)cc2s1. The van der Waals surface area contributed by atoms with Gasteiger partial charge in [-0.15, -0.1) is 11.3 Å². The van der Waals surface area contributed by atoms with Crippen LogP contribution in [0.1, 0.15) is 18.9 Å². The molecule has 3 aromatic rings. The van der Waals surface area contributed by atoms with Gasteiger partial charge in [0.2, 0.25) is 24.2 Å². The number of sulfone groups is 1. The van der Waals surface area contributed by atoms with E-state index in [0.717, 1.165) is 23.5 Å². The third kappa shape index (κ3) is 4.83. The van der Waals surface area contributed by atoms with Crippen LogP contribution in [0.2, 0.25) is 0 Å². The summed E-state index contributed by atoms with van der Waals surface area (Å²) in [4.78, 5) is 4.10. The van der Waals surface area contributed by atoms with Gasteiger partial charge in [0.1, 0.15) is 11.6 Å². The van der Waals surface area contributed by atoms with Gasteiger partial charge in [0, 0.05) is 6.07 Å². The van der Waals surface area contributed by atoms with Crippen LogP contribution >= 0.6 is 11.3 Å². The second-order valence-electron chi connectivity index (χ2n) is 6.12. The summed E-state index contributed by atoms with van der Waals surface area (Å²) >= 11 is 0.959. The molecule has 6 nitrogen and oxygen atoms in total. The maximum atomic E-state index is 13.2. The maximum Gasteiger partial charge on any atom is 0.236 e. The van der Waals surface area contributed by atoms with Crippen molar-refractivity contribution >= 4 is 47.1 Å². The predicted octanol–water partition coefficient (Wildman–Crippen LogP) is 3.70. The largest absolute Gasteiger partial charge is 0.283 e. The van der Waals surface area contributed by atoms with E-state index in [1.54, 1.807) is 6.92 Å². The van der Waals surface area contributed by atoms with Crippen molar-refractivity contribution in [2.24, 2.45) is 0 Å². The minimum Gasteiger partial charge on any atom is -0.283 e. The molecule has 0 atom stereocenters. The van der Waals surface area contributed by atoms with E-state index in [0.29, 0.717) is 22.7 Å². The zero-order chi connectivity index (χ0) is 20.5. The maximum absolute atomic E-state index is 13.2. The number of sulfonamides is 1. The first-order valence-corrected chi connectivity index (χ1v) is 12.3. The summed E-state index contributed by atoms with van der Waals surface area (Å²) in [6.07, 6.45) is 0.462. The van der Waals surface area contributed by atoms with E-state index in [4.69, 9.17) is 0 Å². The Morgan fingerprint density at radius 3 is 2.36 bits per heavy atom. The van der Waals surface area contributed by atoms with Crippen molar-refractivity contribution < 1.29 is 25.6 Å². The van der Waals surface area contributed by atoms with E-state index in [2.05, 4.69) is 9.71 Å². The second-order valence-corrected chi connectivity index (χ2v) is 11.2. The van der Waals surface area contributed by atoms with Gasteiger partial charge in [0.15, 0.2) is 0 Å². The molecular weight excluding hydrogens is 430 g/mol. The van der Waals surface area contributed by atoms with Crippen LogP contribution in [0.5, 0.6) is 0 Å². The minimum absolute atomic E-state index is 0.0143. The standard InChI is InChI=1S/C17H16F2N2O4S3/c1-2-5-27(22,23)17-20-15-4-3-14(9-16(15)26-17)21-28(24,25)10-11-6-12(18)8-13(19)7-11/h3-4,6-9,21H,2,5,10H2,1H3. The summed E-state index contributed by atoms with van der Waals surface area (Å²) in [6, 6.07) is 6.98. The van der Waals surface area contributed by atoms with Crippen LogP contribution < -0.4 is 4.72 Å². The highest BCUT2D eigenvalue weighted by Gasteiger charge is 2.19. The van der Waals surface area contributed by atoms with Crippen molar-refractivity contribution in [1.29, 1.82) is 0 Å². The van der Waals surface area contributed by atoms with Gasteiger partial charge >= 0.3 is 0 Å². The third-order valence-electron chi connectivity index (χ3n) is 3.66. The molecule has 0 aliphatic heterocycles. The Labute approximate surface area is 165 Å². The van der Waals surface area contributed by atoms with E-state index in [1.807, 2.05) is 0 Å². The summed E-state index contributed by atoms with van der Waals surface area (Å²) in [6.45, 7) is 1.75. The molecule has 1 N–H and O–H groups in total. The third-order valence-corrected chi connectivity index (χ3v) is 8.31. The Balaban J connectivity index is 1.85. The molecule has 11 heteroatoms. The molecule has 2 aromatic carbocycles. The molecule has 0 saturated heterocycles. The van der Waals surface area contributed by atoms with Gasteiger partial charge in [-0.1, -0.05) is 6.92 Å². The van der Waals surface area contributed by atoms with Gasteiger partial charge in [-0.25, -0.2) is 30.6 Å². The van der Waals surface area contributed by atoms with Gasteiger partial charge in [0.25, 0.3) is 0 Å². The van der Waals surface area contributed by atoms with Crippen LogP contribution in [0.4, 0.5) is 14.5 Å². The normalized spacial score (nSPS) is 12.4. The number of hydrogen-bond acceptors (Lipinski definition) is 6. The van der Waals surface area contributed by atoms with Crippen molar-refractivity contribution in [3.8, 4) is 0 Å². The highest BCUT2D eigenvalue weighted by Crippen LogP contribution is 2.29. The average molecular weight is 447 g/mol. The van der Waals surface area contributed by atoms with Crippen LogP contribution in [-0.2, 0) is 25.6 Å². The lowest BCUT2D eigenvalue weighted by Crippen LogP contribution is -2.15. The van der Waals surface area contributed by atoms with E-state index in [1.165, 1.54) is 18.2 Å². The number of nitrogens with zero attached hydrogens (tertiary/aromatic N) is 1.